The van der Waals surface area contributed by atoms with E-state index in [-0.39, 0.29) is 18.2 Å². The first-order valence-electron chi connectivity index (χ1n) is 6.11. The van der Waals surface area contributed by atoms with E-state index in [9.17, 15) is 0 Å². The van der Waals surface area contributed by atoms with Crippen LogP contribution in [-0.4, -0.2) is 30.6 Å². The summed E-state index contributed by atoms with van der Waals surface area (Å²) in [5.74, 6) is 0.285. The van der Waals surface area contributed by atoms with E-state index in [1.807, 2.05) is 11.1 Å². The predicted octanol–water partition coefficient (Wildman–Crippen LogP) is 0.518. The summed E-state index contributed by atoms with van der Waals surface area (Å²) < 4.78 is 0. The third-order valence-electron chi connectivity index (χ3n) is 3.50. The van der Waals surface area contributed by atoms with Crippen LogP contribution in [0.5, 0.6) is 0 Å². The van der Waals surface area contributed by atoms with Gasteiger partial charge in [-0.15, -0.1) is 0 Å². The van der Waals surface area contributed by atoms with Crippen LogP contribution in [0.4, 0.5) is 5.69 Å². The van der Waals surface area contributed by atoms with E-state index >= 15 is 0 Å². The van der Waals surface area contributed by atoms with Gasteiger partial charge in [-0.05, 0) is 18.2 Å². The van der Waals surface area contributed by atoms with Crippen molar-refractivity contribution in [3.63, 3.8) is 0 Å². The first-order valence-corrected chi connectivity index (χ1v) is 6.86. The number of nitrogens with zero attached hydrogens (tertiary/aromatic N) is 1. The SMILES string of the molecule is NC1C2CNNC2NCN1Nc1ccc(Cl)cc1Cl. The van der Waals surface area contributed by atoms with Crippen LogP contribution in [0.1, 0.15) is 0 Å². The van der Waals surface area contributed by atoms with Crippen molar-refractivity contribution in [2.75, 3.05) is 18.6 Å². The second-order valence-electron chi connectivity index (χ2n) is 4.73. The lowest BCUT2D eigenvalue weighted by Crippen LogP contribution is -2.65. The zero-order chi connectivity index (χ0) is 13.4. The van der Waals surface area contributed by atoms with Crippen LogP contribution in [0.3, 0.4) is 0 Å². The average Bonchev–Trinajstić information content (AvgIpc) is 2.85. The topological polar surface area (TPSA) is 77.4 Å². The number of hydrazine groups is 2. The van der Waals surface area contributed by atoms with Gasteiger partial charge in [0.1, 0.15) is 0 Å². The Hall–Kier alpha value is -0.600. The van der Waals surface area contributed by atoms with Gasteiger partial charge in [0.2, 0.25) is 0 Å². The zero-order valence-electron chi connectivity index (χ0n) is 10.2. The monoisotopic (exact) mass is 302 g/mol. The largest absolute Gasteiger partial charge is 0.315 e. The summed E-state index contributed by atoms with van der Waals surface area (Å²) in [6.07, 6.45) is 0.0919. The lowest BCUT2D eigenvalue weighted by Gasteiger charge is -2.41. The van der Waals surface area contributed by atoms with Crippen molar-refractivity contribution >= 4 is 28.9 Å². The molecule has 2 saturated heterocycles. The highest BCUT2D eigenvalue weighted by atomic mass is 35.5. The maximum Gasteiger partial charge on any atom is 0.0840 e. The molecule has 0 spiro atoms. The van der Waals surface area contributed by atoms with Gasteiger partial charge >= 0.3 is 0 Å². The summed E-state index contributed by atoms with van der Waals surface area (Å²) in [6, 6.07) is 5.34. The molecule has 1 aromatic rings. The molecule has 0 saturated carbocycles. The van der Waals surface area contributed by atoms with Crippen molar-refractivity contribution in [2.24, 2.45) is 11.7 Å². The first-order chi connectivity index (χ1) is 9.15. The molecule has 6 N–H and O–H groups in total. The summed E-state index contributed by atoms with van der Waals surface area (Å²) in [6.45, 7) is 1.45. The van der Waals surface area contributed by atoms with Crippen LogP contribution >= 0.6 is 23.2 Å². The molecule has 0 amide bonds. The highest BCUT2D eigenvalue weighted by Crippen LogP contribution is 2.27. The van der Waals surface area contributed by atoms with Crippen LogP contribution in [0, 0.1) is 5.92 Å². The van der Waals surface area contributed by atoms with Gasteiger partial charge in [-0.3, -0.25) is 10.7 Å². The molecule has 0 aromatic heterocycles. The van der Waals surface area contributed by atoms with Crippen molar-refractivity contribution in [3.05, 3.63) is 28.2 Å². The number of nitrogens with one attached hydrogen (secondary N) is 4. The number of rotatable bonds is 2. The molecule has 2 heterocycles. The number of nitrogens with two attached hydrogens (primary N) is 1. The van der Waals surface area contributed by atoms with E-state index in [4.69, 9.17) is 28.9 Å². The molecule has 0 bridgehead atoms. The second-order valence-corrected chi connectivity index (χ2v) is 5.57. The molecule has 2 aliphatic heterocycles. The Labute approximate surface area is 121 Å². The zero-order valence-corrected chi connectivity index (χ0v) is 11.7. The third kappa shape index (κ3) is 2.66. The Kier molecular flexibility index (Phi) is 3.81. The van der Waals surface area contributed by atoms with Crippen molar-refractivity contribution in [1.82, 2.24) is 21.2 Å². The van der Waals surface area contributed by atoms with Gasteiger partial charge in [0.25, 0.3) is 0 Å². The Balaban J connectivity index is 1.72. The molecule has 3 atom stereocenters. The van der Waals surface area contributed by atoms with Gasteiger partial charge in [0.05, 0.1) is 29.7 Å². The average molecular weight is 303 g/mol. The lowest BCUT2D eigenvalue weighted by atomic mass is 10.0. The molecule has 6 nitrogen and oxygen atoms in total. The van der Waals surface area contributed by atoms with Crippen LogP contribution in [0.2, 0.25) is 10.0 Å². The minimum absolute atomic E-state index is 0.111. The molecule has 19 heavy (non-hydrogen) atoms. The third-order valence-corrected chi connectivity index (χ3v) is 4.05. The number of hydrogen-bond donors (Lipinski definition) is 5. The Morgan fingerprint density at radius 3 is 3.00 bits per heavy atom. The van der Waals surface area contributed by atoms with Gasteiger partial charge in [-0.1, -0.05) is 23.2 Å². The van der Waals surface area contributed by atoms with Crippen molar-refractivity contribution in [3.8, 4) is 0 Å². The number of hydrogen-bond acceptors (Lipinski definition) is 6. The molecule has 1 aromatic carbocycles. The molecular formula is C11H16Cl2N6. The molecule has 0 radical (unpaired) electrons. The first kappa shape index (κ1) is 13.4. The molecule has 0 aliphatic carbocycles. The lowest BCUT2D eigenvalue weighted by molar-refractivity contribution is 0.0945. The summed E-state index contributed by atoms with van der Waals surface area (Å²) >= 11 is 12.0. The molecule has 104 valence electrons. The fraction of sp³-hybridized carbons (Fsp3) is 0.455. The summed E-state index contributed by atoms with van der Waals surface area (Å²) in [7, 11) is 0. The van der Waals surface area contributed by atoms with Crippen molar-refractivity contribution < 1.29 is 0 Å². The molecular weight excluding hydrogens is 287 g/mol. The Bertz CT molecular complexity index is 470. The molecule has 2 fully saturated rings. The van der Waals surface area contributed by atoms with E-state index < -0.39 is 0 Å². The van der Waals surface area contributed by atoms with E-state index in [1.54, 1.807) is 12.1 Å². The highest BCUT2D eigenvalue weighted by Gasteiger charge is 2.38. The van der Waals surface area contributed by atoms with Gasteiger partial charge < -0.3 is 11.2 Å². The number of halogens is 2. The highest BCUT2D eigenvalue weighted by molar-refractivity contribution is 6.36. The molecule has 3 unspecified atom stereocenters. The summed E-state index contributed by atoms with van der Waals surface area (Å²) in [5, 5.41) is 6.47. The predicted molar refractivity (Wildman–Crippen MR) is 76.3 cm³/mol. The van der Waals surface area contributed by atoms with Crippen LogP contribution in [-0.2, 0) is 0 Å². The normalized spacial score (nSPS) is 31.2. The molecule has 2 aliphatic rings. The number of fused-ring (bicyclic) bond motifs is 1. The van der Waals surface area contributed by atoms with Crippen LogP contribution in [0.15, 0.2) is 18.2 Å². The Morgan fingerprint density at radius 1 is 1.37 bits per heavy atom. The molecule has 8 heteroatoms. The maximum absolute atomic E-state index is 6.27. The maximum atomic E-state index is 6.27. The minimum atomic E-state index is -0.111. The summed E-state index contributed by atoms with van der Waals surface area (Å²) in [4.78, 5) is 0. The smallest absolute Gasteiger partial charge is 0.0840 e. The van der Waals surface area contributed by atoms with Gasteiger partial charge in [0, 0.05) is 17.5 Å². The van der Waals surface area contributed by atoms with Gasteiger partial charge in [-0.2, -0.15) is 5.01 Å². The van der Waals surface area contributed by atoms with E-state index in [1.165, 1.54) is 0 Å². The standard InChI is InChI=1S/C11H16Cl2N6/c12-6-1-2-9(8(13)3-6)18-19-5-15-11-7(10(19)14)4-16-17-11/h1-3,7,10-11,15-18H,4-5,14H2. The van der Waals surface area contributed by atoms with E-state index in [2.05, 4.69) is 21.6 Å². The fourth-order valence-corrected chi connectivity index (χ4v) is 2.86. The molecule has 3 rings (SSSR count). The van der Waals surface area contributed by atoms with Crippen molar-refractivity contribution in [1.29, 1.82) is 0 Å². The van der Waals surface area contributed by atoms with Crippen molar-refractivity contribution in [2.45, 2.75) is 12.3 Å². The second kappa shape index (κ2) is 5.41. The van der Waals surface area contributed by atoms with Crippen LogP contribution in [0.25, 0.3) is 0 Å². The van der Waals surface area contributed by atoms with E-state index in [0.717, 1.165) is 12.2 Å². The Morgan fingerprint density at radius 2 is 2.21 bits per heavy atom. The van der Waals surface area contributed by atoms with Gasteiger partial charge in [-0.25, -0.2) is 5.43 Å². The quantitative estimate of drug-likeness (QED) is 0.548. The summed E-state index contributed by atoms with van der Waals surface area (Å²) in [5.41, 5.74) is 16.6. The van der Waals surface area contributed by atoms with Gasteiger partial charge in [0.15, 0.2) is 0 Å². The number of benzene rings is 1. The van der Waals surface area contributed by atoms with Crippen LogP contribution < -0.4 is 27.3 Å². The number of anilines is 1. The fourth-order valence-electron chi connectivity index (χ4n) is 2.41. The minimum Gasteiger partial charge on any atom is -0.315 e. The van der Waals surface area contributed by atoms with E-state index in [0.29, 0.717) is 16.7 Å².